The van der Waals surface area contributed by atoms with Gasteiger partial charge in [0.15, 0.2) is 5.75 Å². The maximum absolute atomic E-state index is 11.1. The fourth-order valence-corrected chi connectivity index (χ4v) is 2.46. The number of fused-ring (bicyclic) bond motifs is 2. The number of hydrogen-bond donors (Lipinski definition) is 1. The van der Waals surface area contributed by atoms with Crippen LogP contribution in [0.15, 0.2) is 30.3 Å². The summed E-state index contributed by atoms with van der Waals surface area (Å²) >= 11 is 0. The Hall–Kier alpha value is -1.95. The molecule has 1 heterocycles. The molecule has 16 heavy (non-hydrogen) atoms. The zero-order chi connectivity index (χ0) is 11.3. The van der Waals surface area contributed by atoms with Gasteiger partial charge in [0, 0.05) is 5.39 Å². The standard InChI is InChI=1S/C10H7NO4S/c11-9-7-4-2-1-3-6(7)5-8-10(9)15-16(12,13)14-8/h1-5H,11H2. The minimum absolute atomic E-state index is 0.0682. The minimum atomic E-state index is -3.99. The van der Waals surface area contributed by atoms with Crippen molar-refractivity contribution in [2.24, 2.45) is 0 Å². The molecule has 0 aliphatic carbocycles. The van der Waals surface area contributed by atoms with Crippen LogP contribution in [-0.4, -0.2) is 8.42 Å². The highest BCUT2D eigenvalue weighted by atomic mass is 32.3. The topological polar surface area (TPSA) is 78.6 Å². The van der Waals surface area contributed by atoms with E-state index >= 15 is 0 Å². The molecule has 0 aromatic heterocycles. The highest BCUT2D eigenvalue weighted by Crippen LogP contribution is 2.44. The Morgan fingerprint density at radius 2 is 1.88 bits per heavy atom. The molecule has 2 aromatic carbocycles. The Bertz CT molecular complexity index is 693. The third kappa shape index (κ3) is 1.20. The van der Waals surface area contributed by atoms with E-state index in [4.69, 9.17) is 5.73 Å². The van der Waals surface area contributed by atoms with Crippen LogP contribution >= 0.6 is 0 Å². The van der Waals surface area contributed by atoms with E-state index in [2.05, 4.69) is 8.37 Å². The Morgan fingerprint density at radius 3 is 2.69 bits per heavy atom. The summed E-state index contributed by atoms with van der Waals surface area (Å²) in [4.78, 5) is 0. The smallest absolute Gasteiger partial charge is 0.395 e. The maximum Gasteiger partial charge on any atom is 0.501 e. The van der Waals surface area contributed by atoms with Gasteiger partial charge in [0.2, 0.25) is 5.75 Å². The van der Waals surface area contributed by atoms with E-state index in [1.165, 1.54) is 0 Å². The van der Waals surface area contributed by atoms with Gasteiger partial charge in [-0.15, -0.1) is 8.42 Å². The van der Waals surface area contributed by atoms with Gasteiger partial charge in [0.1, 0.15) is 0 Å². The van der Waals surface area contributed by atoms with Crippen LogP contribution in [0.3, 0.4) is 0 Å². The number of nitrogens with two attached hydrogens (primary N) is 1. The summed E-state index contributed by atoms with van der Waals surface area (Å²) < 4.78 is 31.5. The van der Waals surface area contributed by atoms with Crippen molar-refractivity contribution in [3.63, 3.8) is 0 Å². The van der Waals surface area contributed by atoms with Crippen molar-refractivity contribution in [1.29, 1.82) is 0 Å². The van der Waals surface area contributed by atoms with Gasteiger partial charge < -0.3 is 14.1 Å². The molecule has 5 nitrogen and oxygen atoms in total. The molecule has 0 saturated heterocycles. The van der Waals surface area contributed by atoms with Crippen molar-refractivity contribution in [2.45, 2.75) is 0 Å². The van der Waals surface area contributed by atoms with Crippen molar-refractivity contribution in [3.8, 4) is 11.5 Å². The van der Waals surface area contributed by atoms with Gasteiger partial charge in [0.05, 0.1) is 5.69 Å². The van der Waals surface area contributed by atoms with Crippen LogP contribution in [-0.2, 0) is 10.4 Å². The summed E-state index contributed by atoms with van der Waals surface area (Å²) in [5, 5.41) is 1.54. The van der Waals surface area contributed by atoms with E-state index in [0.717, 1.165) is 10.8 Å². The highest BCUT2D eigenvalue weighted by molar-refractivity contribution is 7.82. The average molecular weight is 237 g/mol. The van der Waals surface area contributed by atoms with Crippen molar-refractivity contribution < 1.29 is 16.8 Å². The van der Waals surface area contributed by atoms with Gasteiger partial charge >= 0.3 is 10.4 Å². The Morgan fingerprint density at radius 1 is 1.12 bits per heavy atom. The fraction of sp³-hybridized carbons (Fsp3) is 0. The van der Waals surface area contributed by atoms with Crippen LogP contribution in [0.4, 0.5) is 5.69 Å². The summed E-state index contributed by atoms with van der Waals surface area (Å²) in [6.07, 6.45) is 0. The molecular weight excluding hydrogens is 230 g/mol. The molecule has 0 spiro atoms. The van der Waals surface area contributed by atoms with Crippen molar-refractivity contribution in [2.75, 3.05) is 5.73 Å². The lowest BCUT2D eigenvalue weighted by Gasteiger charge is -2.03. The molecule has 0 amide bonds. The van der Waals surface area contributed by atoms with Crippen LogP contribution in [0.25, 0.3) is 10.8 Å². The first-order valence-electron chi connectivity index (χ1n) is 4.52. The van der Waals surface area contributed by atoms with E-state index in [9.17, 15) is 8.42 Å². The van der Waals surface area contributed by atoms with Crippen LogP contribution < -0.4 is 14.1 Å². The highest BCUT2D eigenvalue weighted by Gasteiger charge is 2.31. The molecule has 1 aliphatic heterocycles. The second-order valence-electron chi connectivity index (χ2n) is 3.41. The normalized spacial score (nSPS) is 16.5. The van der Waals surface area contributed by atoms with Gasteiger partial charge in [-0.25, -0.2) is 0 Å². The van der Waals surface area contributed by atoms with Crippen molar-refractivity contribution in [3.05, 3.63) is 30.3 Å². The average Bonchev–Trinajstić information content (AvgIpc) is 2.53. The summed E-state index contributed by atoms with van der Waals surface area (Å²) in [6, 6.07) is 8.85. The lowest BCUT2D eigenvalue weighted by molar-refractivity contribution is 0.437. The first kappa shape index (κ1) is 9.29. The molecule has 2 aromatic rings. The zero-order valence-electron chi connectivity index (χ0n) is 8.01. The van der Waals surface area contributed by atoms with Crippen molar-refractivity contribution >= 4 is 26.9 Å². The molecule has 0 fully saturated rings. The fourth-order valence-electron chi connectivity index (χ4n) is 1.71. The van der Waals surface area contributed by atoms with Gasteiger partial charge in [-0.05, 0) is 11.5 Å². The molecule has 0 bridgehead atoms. The SMILES string of the molecule is Nc1c2c(cc3ccccc13)OS(=O)(=O)O2. The summed E-state index contributed by atoms with van der Waals surface area (Å²) in [5.74, 6) is 0.204. The lowest BCUT2D eigenvalue weighted by atomic mass is 10.1. The van der Waals surface area contributed by atoms with Gasteiger partial charge in [-0.1, -0.05) is 24.3 Å². The lowest BCUT2D eigenvalue weighted by Crippen LogP contribution is -2.08. The van der Waals surface area contributed by atoms with Gasteiger partial charge in [0.25, 0.3) is 0 Å². The first-order chi connectivity index (χ1) is 7.57. The molecule has 1 aliphatic rings. The number of rotatable bonds is 0. The molecule has 0 radical (unpaired) electrons. The summed E-state index contributed by atoms with van der Waals surface area (Å²) in [5.41, 5.74) is 6.09. The van der Waals surface area contributed by atoms with Crippen LogP contribution in [0.1, 0.15) is 0 Å². The Balaban J connectivity index is 2.40. The molecule has 2 N–H and O–H groups in total. The molecule has 6 heteroatoms. The summed E-state index contributed by atoms with van der Waals surface area (Å²) in [7, 11) is -3.99. The Kier molecular flexibility index (Phi) is 1.62. The predicted molar refractivity (Wildman–Crippen MR) is 58.5 cm³/mol. The molecule has 0 unspecified atom stereocenters. The second-order valence-corrected chi connectivity index (χ2v) is 4.56. The number of nitrogen functional groups attached to an aromatic ring is 1. The third-order valence-corrected chi connectivity index (χ3v) is 3.14. The minimum Gasteiger partial charge on any atom is -0.395 e. The van der Waals surface area contributed by atoms with E-state index in [0.29, 0.717) is 0 Å². The molecule has 0 atom stereocenters. The van der Waals surface area contributed by atoms with E-state index < -0.39 is 10.4 Å². The van der Waals surface area contributed by atoms with Crippen LogP contribution in [0.5, 0.6) is 11.5 Å². The summed E-state index contributed by atoms with van der Waals surface area (Å²) in [6.45, 7) is 0. The van der Waals surface area contributed by atoms with Crippen LogP contribution in [0.2, 0.25) is 0 Å². The van der Waals surface area contributed by atoms with Crippen LogP contribution in [0, 0.1) is 0 Å². The van der Waals surface area contributed by atoms with Gasteiger partial charge in [-0.3, -0.25) is 0 Å². The second kappa shape index (κ2) is 2.79. The quantitative estimate of drug-likeness (QED) is 0.701. The van der Waals surface area contributed by atoms with E-state index in [1.54, 1.807) is 12.1 Å². The van der Waals surface area contributed by atoms with E-state index in [-0.39, 0.29) is 17.2 Å². The predicted octanol–water partition coefficient (Wildman–Crippen LogP) is 1.44. The third-order valence-electron chi connectivity index (χ3n) is 2.38. The largest absolute Gasteiger partial charge is 0.501 e. The van der Waals surface area contributed by atoms with Gasteiger partial charge in [-0.2, -0.15) is 0 Å². The first-order valence-corrected chi connectivity index (χ1v) is 5.85. The van der Waals surface area contributed by atoms with Crippen molar-refractivity contribution in [1.82, 2.24) is 0 Å². The number of benzene rings is 2. The van der Waals surface area contributed by atoms with E-state index in [1.807, 2.05) is 18.2 Å². The monoisotopic (exact) mass is 237 g/mol. The Labute approximate surface area is 91.7 Å². The molecule has 3 rings (SSSR count). The number of hydrogen-bond acceptors (Lipinski definition) is 5. The number of anilines is 1. The molecule has 0 saturated carbocycles. The molecule has 82 valence electrons. The maximum atomic E-state index is 11.1. The zero-order valence-corrected chi connectivity index (χ0v) is 8.82. The molecular formula is C10H7NO4S.